The summed E-state index contributed by atoms with van der Waals surface area (Å²) in [5, 5.41) is 21.7. The van der Waals surface area contributed by atoms with Crippen LogP contribution in [-0.4, -0.2) is 4.92 Å². The van der Waals surface area contributed by atoms with Gasteiger partial charge < -0.3 is 5.21 Å². The van der Waals surface area contributed by atoms with Crippen LogP contribution in [0.15, 0.2) is 6.07 Å². The average Bonchev–Trinajstić information content (AvgIpc) is 1.99. The molecule has 0 aliphatic carbocycles. The third-order valence-corrected chi connectivity index (χ3v) is 2.00. The van der Waals surface area contributed by atoms with Gasteiger partial charge in [-0.2, -0.15) is 4.73 Å². The van der Waals surface area contributed by atoms with Crippen molar-refractivity contribution in [3.05, 3.63) is 37.8 Å². The van der Waals surface area contributed by atoms with Crippen LogP contribution in [0.25, 0.3) is 0 Å². The molecular weight excluding hydrogens is 196 g/mol. The van der Waals surface area contributed by atoms with Gasteiger partial charge in [0.2, 0.25) is 0 Å². The summed E-state index contributed by atoms with van der Waals surface area (Å²) < 4.78 is 0.490. The molecule has 0 amide bonds. The third kappa shape index (κ3) is 1.55. The smallest absolute Gasteiger partial charge is 0.355 e. The first kappa shape index (κ1) is 9.73. The van der Waals surface area contributed by atoms with E-state index in [9.17, 15) is 15.3 Å². The van der Waals surface area contributed by atoms with E-state index in [4.69, 9.17) is 11.6 Å². The number of halogens is 1. The van der Waals surface area contributed by atoms with Gasteiger partial charge in [0.15, 0.2) is 5.69 Å². The second kappa shape index (κ2) is 3.18. The molecule has 0 radical (unpaired) electrons. The molecule has 1 aromatic heterocycles. The molecule has 0 unspecified atom stereocenters. The van der Waals surface area contributed by atoms with Crippen molar-refractivity contribution in [2.75, 3.05) is 0 Å². The molecule has 70 valence electrons. The van der Waals surface area contributed by atoms with Crippen LogP contribution in [0, 0.1) is 29.2 Å². The fourth-order valence-electron chi connectivity index (χ4n) is 1.06. The average molecular weight is 203 g/mol. The fraction of sp³-hybridized carbons (Fsp3) is 0.286. The number of hydrogen-bond acceptors (Lipinski definition) is 3. The predicted molar refractivity (Wildman–Crippen MR) is 46.5 cm³/mol. The van der Waals surface area contributed by atoms with Crippen LogP contribution in [0.1, 0.15) is 11.4 Å². The van der Waals surface area contributed by atoms with Gasteiger partial charge in [-0.25, -0.2) is 0 Å². The predicted octanol–water partition coefficient (Wildman–Crippen LogP) is 1.50. The Labute approximate surface area is 79.3 Å². The highest BCUT2D eigenvalue weighted by atomic mass is 35.5. The topological polar surface area (TPSA) is 70.1 Å². The van der Waals surface area contributed by atoms with Gasteiger partial charge >= 0.3 is 5.69 Å². The molecule has 0 aliphatic heterocycles. The van der Waals surface area contributed by atoms with E-state index in [1.54, 1.807) is 0 Å². The molecule has 1 rings (SSSR count). The van der Waals surface area contributed by atoms with Gasteiger partial charge in [-0.05, 0) is 0 Å². The van der Waals surface area contributed by atoms with Crippen molar-refractivity contribution in [1.29, 1.82) is 0 Å². The molecule has 0 spiro atoms. The normalized spacial score (nSPS) is 10.1. The van der Waals surface area contributed by atoms with E-state index in [1.807, 2.05) is 0 Å². The lowest BCUT2D eigenvalue weighted by Crippen LogP contribution is -2.34. The molecule has 0 saturated heterocycles. The molecule has 0 saturated carbocycles. The first-order valence-corrected chi connectivity index (χ1v) is 3.86. The highest BCUT2D eigenvalue weighted by Crippen LogP contribution is 2.25. The van der Waals surface area contributed by atoms with Crippen LogP contribution >= 0.6 is 11.6 Å². The minimum absolute atomic E-state index is 0.00731. The molecule has 5 nitrogen and oxygen atoms in total. The van der Waals surface area contributed by atoms with Crippen molar-refractivity contribution in [1.82, 2.24) is 0 Å². The lowest BCUT2D eigenvalue weighted by Gasteiger charge is -2.04. The molecule has 13 heavy (non-hydrogen) atoms. The summed E-state index contributed by atoms with van der Waals surface area (Å²) in [6.45, 7) is 2.90. The van der Waals surface area contributed by atoms with Crippen molar-refractivity contribution < 1.29 is 9.65 Å². The monoisotopic (exact) mass is 202 g/mol. The van der Waals surface area contributed by atoms with Gasteiger partial charge in [0.1, 0.15) is 5.02 Å². The molecule has 0 fully saturated rings. The second-order valence-corrected chi connectivity index (χ2v) is 3.03. The van der Waals surface area contributed by atoms with Crippen LogP contribution in [0.4, 0.5) is 5.69 Å². The van der Waals surface area contributed by atoms with Crippen molar-refractivity contribution in [3.8, 4) is 0 Å². The summed E-state index contributed by atoms with van der Waals surface area (Å²) in [5.74, 6) is 0. The van der Waals surface area contributed by atoms with Gasteiger partial charge in [0, 0.05) is 19.9 Å². The zero-order valence-electron chi connectivity index (χ0n) is 7.07. The van der Waals surface area contributed by atoms with E-state index in [-0.39, 0.29) is 16.4 Å². The third-order valence-electron chi connectivity index (χ3n) is 1.71. The molecular formula is C7H7ClN2O3. The molecule has 1 aromatic rings. The summed E-state index contributed by atoms with van der Waals surface area (Å²) in [6.07, 6.45) is 0. The molecule has 1 heterocycles. The number of aryl methyl sites for hydroxylation is 1. The lowest BCUT2D eigenvalue weighted by atomic mass is 10.3. The highest BCUT2D eigenvalue weighted by molar-refractivity contribution is 6.32. The second-order valence-electron chi connectivity index (χ2n) is 2.62. The van der Waals surface area contributed by atoms with E-state index in [1.165, 1.54) is 19.9 Å². The first-order chi connectivity index (χ1) is 5.95. The summed E-state index contributed by atoms with van der Waals surface area (Å²) >= 11 is 5.61. The van der Waals surface area contributed by atoms with Crippen LogP contribution in [-0.2, 0) is 0 Å². The number of hydrogen-bond donors (Lipinski definition) is 0. The number of rotatable bonds is 1. The minimum Gasteiger partial charge on any atom is -0.618 e. The van der Waals surface area contributed by atoms with E-state index in [0.29, 0.717) is 10.4 Å². The largest absolute Gasteiger partial charge is 0.618 e. The van der Waals surface area contributed by atoms with Gasteiger partial charge in [0.25, 0.3) is 5.69 Å². The van der Waals surface area contributed by atoms with Crippen molar-refractivity contribution in [2.45, 2.75) is 13.8 Å². The fourth-order valence-corrected chi connectivity index (χ4v) is 1.43. The SMILES string of the molecule is Cc1cc(Cl)c([N+](=O)[O-])c(C)[n+]1[O-]. The molecule has 0 aliphatic rings. The Bertz CT molecular complexity index is 378. The number of pyridine rings is 1. The van der Waals surface area contributed by atoms with Gasteiger partial charge in [-0.3, -0.25) is 10.1 Å². The highest BCUT2D eigenvalue weighted by Gasteiger charge is 2.24. The Morgan fingerprint density at radius 1 is 1.54 bits per heavy atom. The quantitative estimate of drug-likeness (QED) is 0.300. The Hall–Kier alpha value is -1.36. The minimum atomic E-state index is -0.661. The van der Waals surface area contributed by atoms with E-state index < -0.39 is 4.92 Å². The Morgan fingerprint density at radius 3 is 2.54 bits per heavy atom. The molecule has 6 heteroatoms. The van der Waals surface area contributed by atoms with E-state index in [0.717, 1.165) is 0 Å². The van der Waals surface area contributed by atoms with Crippen LogP contribution < -0.4 is 4.73 Å². The van der Waals surface area contributed by atoms with Gasteiger partial charge in [-0.1, -0.05) is 11.6 Å². The van der Waals surface area contributed by atoms with Crippen LogP contribution in [0.2, 0.25) is 5.02 Å². The molecule has 0 N–H and O–H groups in total. The van der Waals surface area contributed by atoms with Crippen molar-refractivity contribution in [3.63, 3.8) is 0 Å². The molecule has 0 aromatic carbocycles. The Morgan fingerprint density at radius 2 is 2.08 bits per heavy atom. The number of nitrogens with zero attached hydrogens (tertiary/aromatic N) is 2. The lowest BCUT2D eigenvalue weighted by molar-refractivity contribution is -0.623. The van der Waals surface area contributed by atoms with Crippen molar-refractivity contribution in [2.24, 2.45) is 0 Å². The van der Waals surface area contributed by atoms with Gasteiger partial charge in [0.05, 0.1) is 4.92 Å². The number of aromatic nitrogens is 1. The Balaban J connectivity index is 3.53. The first-order valence-electron chi connectivity index (χ1n) is 3.48. The maximum atomic E-state index is 11.2. The molecule has 0 bridgehead atoms. The maximum absolute atomic E-state index is 11.2. The zero-order chi connectivity index (χ0) is 10.2. The Kier molecular flexibility index (Phi) is 2.38. The summed E-state index contributed by atoms with van der Waals surface area (Å²) in [7, 11) is 0. The number of nitro groups is 1. The summed E-state index contributed by atoms with van der Waals surface area (Å²) in [4.78, 5) is 9.81. The van der Waals surface area contributed by atoms with Crippen molar-refractivity contribution >= 4 is 17.3 Å². The van der Waals surface area contributed by atoms with Gasteiger partial charge in [-0.15, -0.1) is 0 Å². The molecule has 0 atom stereocenters. The van der Waals surface area contributed by atoms with E-state index in [2.05, 4.69) is 0 Å². The standard InChI is InChI=1S/C7H7ClN2O3/c1-4-3-6(8)7(10(12)13)5(2)9(4)11/h3H,1-2H3. The summed E-state index contributed by atoms with van der Waals surface area (Å²) in [5.41, 5.74) is 0.0189. The zero-order valence-corrected chi connectivity index (χ0v) is 7.83. The summed E-state index contributed by atoms with van der Waals surface area (Å²) in [6, 6.07) is 1.28. The maximum Gasteiger partial charge on any atom is 0.355 e. The van der Waals surface area contributed by atoms with Crippen LogP contribution in [0.3, 0.4) is 0 Å². The van der Waals surface area contributed by atoms with E-state index >= 15 is 0 Å². The van der Waals surface area contributed by atoms with Crippen LogP contribution in [0.5, 0.6) is 0 Å².